The zero-order valence-electron chi connectivity index (χ0n) is 14.7. The highest BCUT2D eigenvalue weighted by Crippen LogP contribution is 2.25. The fourth-order valence-corrected chi connectivity index (χ4v) is 3.83. The lowest BCUT2D eigenvalue weighted by Crippen LogP contribution is -2.27. The number of hydrogen-bond acceptors (Lipinski definition) is 9. The van der Waals surface area contributed by atoms with Crippen LogP contribution in [0.25, 0.3) is 0 Å². The monoisotopic (exact) mass is 398 g/mol. The number of methoxy groups -OCH3 is 2. The number of ether oxygens (including phenoxy) is 3. The molecule has 0 spiro atoms. The van der Waals surface area contributed by atoms with Crippen molar-refractivity contribution < 1.29 is 23.8 Å². The number of thiophene rings is 2. The molecule has 142 valence electrons. The molecule has 26 heavy (non-hydrogen) atoms. The quantitative estimate of drug-likeness (QED) is 0.763. The number of esters is 2. The second-order valence-corrected chi connectivity index (χ2v) is 7.58. The third-order valence-electron chi connectivity index (χ3n) is 3.57. The Hall–Kier alpha value is -2.10. The highest BCUT2D eigenvalue weighted by molar-refractivity contribution is 7.18. The van der Waals surface area contributed by atoms with E-state index in [2.05, 4.69) is 14.8 Å². The van der Waals surface area contributed by atoms with Crippen molar-refractivity contribution in [3.8, 4) is 0 Å². The molecule has 0 unspecified atom stereocenters. The van der Waals surface area contributed by atoms with Crippen molar-refractivity contribution in [2.24, 2.45) is 0 Å². The fourth-order valence-electron chi connectivity index (χ4n) is 2.23. The van der Waals surface area contributed by atoms with E-state index in [1.54, 1.807) is 18.2 Å². The Morgan fingerprint density at radius 3 is 2.15 bits per heavy atom. The van der Waals surface area contributed by atoms with Gasteiger partial charge in [-0.25, -0.2) is 9.59 Å². The zero-order valence-corrected chi connectivity index (χ0v) is 16.3. The summed E-state index contributed by atoms with van der Waals surface area (Å²) in [7, 11) is 2.74. The van der Waals surface area contributed by atoms with Crippen molar-refractivity contribution in [1.82, 2.24) is 0 Å². The van der Waals surface area contributed by atoms with Crippen LogP contribution in [-0.2, 0) is 14.2 Å². The number of nitrogen functional groups attached to an aromatic ring is 1. The first kappa shape index (κ1) is 20.2. The van der Waals surface area contributed by atoms with Gasteiger partial charge in [-0.3, -0.25) is 0 Å². The predicted molar refractivity (Wildman–Crippen MR) is 103 cm³/mol. The van der Waals surface area contributed by atoms with Gasteiger partial charge in [-0.1, -0.05) is 0 Å². The SMILES string of the molecule is COC(=O)c1ccc(N)s1.COC(=O)c1ccc(NC2CCOCC2)s1. The number of carbonyl (C=O) groups is 2. The number of rotatable bonds is 4. The molecule has 9 heteroatoms. The molecule has 3 N–H and O–H groups in total. The summed E-state index contributed by atoms with van der Waals surface area (Å²) in [6.07, 6.45) is 2.04. The van der Waals surface area contributed by atoms with E-state index in [9.17, 15) is 9.59 Å². The van der Waals surface area contributed by atoms with Gasteiger partial charge in [0.1, 0.15) is 9.75 Å². The molecule has 0 saturated carbocycles. The third-order valence-corrected chi connectivity index (χ3v) is 5.46. The van der Waals surface area contributed by atoms with Gasteiger partial charge < -0.3 is 25.3 Å². The lowest BCUT2D eigenvalue weighted by Gasteiger charge is -2.23. The van der Waals surface area contributed by atoms with Crippen LogP contribution in [-0.4, -0.2) is 45.4 Å². The number of hydrogen-bond donors (Lipinski definition) is 2. The van der Waals surface area contributed by atoms with Gasteiger partial charge in [0.15, 0.2) is 0 Å². The summed E-state index contributed by atoms with van der Waals surface area (Å²) < 4.78 is 14.4. The van der Waals surface area contributed by atoms with E-state index < -0.39 is 0 Å². The summed E-state index contributed by atoms with van der Waals surface area (Å²) in [4.78, 5) is 23.2. The normalized spacial score (nSPS) is 14.1. The molecular weight excluding hydrogens is 376 g/mol. The van der Waals surface area contributed by atoms with E-state index in [0.717, 1.165) is 31.1 Å². The van der Waals surface area contributed by atoms with Gasteiger partial charge in [0.25, 0.3) is 0 Å². The first-order chi connectivity index (χ1) is 12.5. The van der Waals surface area contributed by atoms with Crippen LogP contribution in [0.2, 0.25) is 0 Å². The van der Waals surface area contributed by atoms with E-state index in [1.165, 1.54) is 36.9 Å². The van der Waals surface area contributed by atoms with Gasteiger partial charge in [0.05, 0.1) is 24.2 Å². The van der Waals surface area contributed by atoms with Gasteiger partial charge in [0.2, 0.25) is 0 Å². The molecule has 0 bridgehead atoms. The van der Waals surface area contributed by atoms with Crippen LogP contribution in [0.5, 0.6) is 0 Å². The van der Waals surface area contributed by atoms with Gasteiger partial charge in [-0.05, 0) is 37.1 Å². The maximum absolute atomic E-state index is 11.3. The van der Waals surface area contributed by atoms with E-state index >= 15 is 0 Å². The fraction of sp³-hybridized carbons (Fsp3) is 0.412. The van der Waals surface area contributed by atoms with Crippen LogP contribution >= 0.6 is 22.7 Å². The molecule has 0 aliphatic carbocycles. The smallest absolute Gasteiger partial charge is 0.348 e. The van der Waals surface area contributed by atoms with Crippen LogP contribution in [0.15, 0.2) is 24.3 Å². The van der Waals surface area contributed by atoms with Gasteiger partial charge in [0, 0.05) is 19.3 Å². The highest BCUT2D eigenvalue weighted by atomic mass is 32.1. The Balaban J connectivity index is 0.000000209. The van der Waals surface area contributed by atoms with Crippen molar-refractivity contribution in [2.75, 3.05) is 38.5 Å². The number of nitrogens with two attached hydrogens (primary N) is 1. The maximum atomic E-state index is 11.3. The minimum Gasteiger partial charge on any atom is -0.465 e. The average Bonchev–Trinajstić information content (AvgIpc) is 3.31. The molecule has 0 radical (unpaired) electrons. The minimum atomic E-state index is -0.332. The first-order valence-corrected chi connectivity index (χ1v) is 9.63. The average molecular weight is 399 g/mol. The van der Waals surface area contributed by atoms with Crippen LogP contribution in [0.4, 0.5) is 10.0 Å². The number of anilines is 2. The van der Waals surface area contributed by atoms with E-state index in [-0.39, 0.29) is 11.9 Å². The van der Waals surface area contributed by atoms with Crippen molar-refractivity contribution in [1.29, 1.82) is 0 Å². The molecule has 1 saturated heterocycles. The molecule has 1 aliphatic heterocycles. The predicted octanol–water partition coefficient (Wildman–Crippen LogP) is 3.24. The van der Waals surface area contributed by atoms with Crippen molar-refractivity contribution >= 4 is 44.6 Å². The van der Waals surface area contributed by atoms with Gasteiger partial charge in [-0.2, -0.15) is 0 Å². The molecule has 2 aromatic heterocycles. The minimum absolute atomic E-state index is 0.273. The Bertz CT molecular complexity index is 722. The molecule has 3 heterocycles. The number of carbonyl (C=O) groups excluding carboxylic acids is 2. The number of nitrogens with one attached hydrogen (secondary N) is 1. The van der Waals surface area contributed by atoms with Crippen molar-refractivity contribution in [2.45, 2.75) is 18.9 Å². The molecule has 0 atom stereocenters. The second kappa shape index (κ2) is 10.1. The molecule has 3 rings (SSSR count). The Morgan fingerprint density at radius 2 is 1.62 bits per heavy atom. The van der Waals surface area contributed by atoms with Gasteiger partial charge in [-0.15, -0.1) is 22.7 Å². The highest BCUT2D eigenvalue weighted by Gasteiger charge is 2.15. The van der Waals surface area contributed by atoms with Crippen LogP contribution in [0.1, 0.15) is 32.2 Å². The van der Waals surface area contributed by atoms with Crippen molar-refractivity contribution in [3.05, 3.63) is 34.0 Å². The van der Waals surface area contributed by atoms with E-state index in [1.807, 2.05) is 6.07 Å². The molecule has 2 aromatic rings. The summed E-state index contributed by atoms with van der Waals surface area (Å²) in [6.45, 7) is 1.62. The maximum Gasteiger partial charge on any atom is 0.348 e. The van der Waals surface area contributed by atoms with Gasteiger partial charge >= 0.3 is 11.9 Å². The molecule has 1 aliphatic rings. The molecule has 7 nitrogen and oxygen atoms in total. The van der Waals surface area contributed by atoms with Crippen molar-refractivity contribution in [3.63, 3.8) is 0 Å². The first-order valence-electron chi connectivity index (χ1n) is 7.99. The summed E-state index contributed by atoms with van der Waals surface area (Å²) in [6, 6.07) is 7.49. The van der Waals surface area contributed by atoms with E-state index in [0.29, 0.717) is 20.8 Å². The standard InChI is InChI=1S/C11H15NO3S.C6H7NO2S/c1-14-11(13)9-2-3-10(16-9)12-8-4-6-15-7-5-8;1-9-6(8)4-2-3-5(7)10-4/h2-3,8,12H,4-7H2,1H3;2-3H,7H2,1H3. The Labute approximate surface area is 160 Å². The topological polar surface area (TPSA) is 99.9 Å². The van der Waals surface area contributed by atoms with Crippen LogP contribution in [0, 0.1) is 0 Å². The molecule has 1 fully saturated rings. The van der Waals surface area contributed by atoms with E-state index in [4.69, 9.17) is 10.5 Å². The largest absolute Gasteiger partial charge is 0.465 e. The van der Waals surface area contributed by atoms with Crippen LogP contribution < -0.4 is 11.1 Å². The summed E-state index contributed by atoms with van der Waals surface area (Å²) in [5, 5.41) is 5.06. The second-order valence-electron chi connectivity index (χ2n) is 5.38. The molecule has 0 amide bonds. The Kier molecular flexibility index (Phi) is 7.89. The summed E-state index contributed by atoms with van der Waals surface area (Å²) >= 11 is 2.66. The molecule has 0 aromatic carbocycles. The summed E-state index contributed by atoms with van der Waals surface area (Å²) in [5.41, 5.74) is 5.38. The Morgan fingerprint density at radius 1 is 1.04 bits per heavy atom. The summed E-state index contributed by atoms with van der Waals surface area (Å²) in [5.74, 6) is -0.605. The zero-order chi connectivity index (χ0) is 18.9. The third kappa shape index (κ3) is 6.01. The lowest BCUT2D eigenvalue weighted by atomic mass is 10.1. The molecular formula is C17H22N2O5S2. The lowest BCUT2D eigenvalue weighted by molar-refractivity contribution is 0.0597. The van der Waals surface area contributed by atoms with Crippen LogP contribution in [0.3, 0.4) is 0 Å².